The number of nitrogens with one attached hydrogen (secondary N) is 1. The molecule has 2 aromatic carbocycles. The molecule has 10 heteroatoms. The Kier molecular flexibility index (Phi) is 6.04. The van der Waals surface area contributed by atoms with Gasteiger partial charge >= 0.3 is 6.18 Å². The lowest BCUT2D eigenvalue weighted by Gasteiger charge is -2.09. The summed E-state index contributed by atoms with van der Waals surface area (Å²) in [4.78, 5) is 16.6. The maximum Gasteiger partial charge on any atom is 0.416 e. The highest BCUT2D eigenvalue weighted by atomic mass is 32.2. The number of hydrogen-bond donors (Lipinski definition) is 1. The summed E-state index contributed by atoms with van der Waals surface area (Å²) >= 11 is 1.17. The zero-order valence-electron chi connectivity index (χ0n) is 16.8. The van der Waals surface area contributed by atoms with Crippen LogP contribution in [0.4, 0.5) is 18.9 Å². The molecule has 6 nitrogen and oxygen atoms in total. The number of thioether (sulfide) groups is 1. The molecule has 0 aliphatic rings. The van der Waals surface area contributed by atoms with E-state index in [0.717, 1.165) is 17.7 Å². The first-order valence-corrected chi connectivity index (χ1v) is 10.4. The smallest absolute Gasteiger partial charge is 0.416 e. The lowest BCUT2D eigenvalue weighted by atomic mass is 10.1. The molecule has 0 radical (unpaired) electrons. The average Bonchev–Trinajstić information content (AvgIpc) is 3.22. The maximum atomic E-state index is 12.9. The summed E-state index contributed by atoms with van der Waals surface area (Å²) in [5, 5.41) is 7.62. The molecular weight excluding hydrogens is 441 g/mol. The van der Waals surface area contributed by atoms with Gasteiger partial charge in [-0.15, -0.1) is 0 Å². The number of carbonyl (C=O) groups is 1. The second-order valence-corrected chi connectivity index (χ2v) is 7.67. The Labute approximate surface area is 185 Å². The topological polar surface area (TPSA) is 68.5 Å². The van der Waals surface area contributed by atoms with Crippen LogP contribution < -0.4 is 10.1 Å². The van der Waals surface area contributed by atoms with E-state index in [9.17, 15) is 18.0 Å². The summed E-state index contributed by atoms with van der Waals surface area (Å²) in [7, 11) is 1.58. The number of ether oxygens (including phenoxy) is 1. The standard InChI is InChI=1S/C22H17F3N4O2S/c1-31-19-8-3-2-7-16(19)17-12-18-21(26-9-10-29(18)28-17)32-13-20(30)27-15-6-4-5-14(11-15)22(23,24)25/h2-12H,13H2,1H3,(H,27,30). The Morgan fingerprint density at radius 3 is 2.75 bits per heavy atom. The van der Waals surface area contributed by atoms with Gasteiger partial charge in [0.15, 0.2) is 0 Å². The number of nitrogens with zero attached hydrogens (tertiary/aromatic N) is 3. The van der Waals surface area contributed by atoms with Crippen LogP contribution >= 0.6 is 11.8 Å². The quantitative estimate of drug-likeness (QED) is 0.405. The molecule has 1 amide bonds. The highest BCUT2D eigenvalue weighted by Gasteiger charge is 2.30. The molecule has 2 heterocycles. The second kappa shape index (κ2) is 8.91. The fourth-order valence-electron chi connectivity index (χ4n) is 3.10. The predicted molar refractivity (Wildman–Crippen MR) is 116 cm³/mol. The van der Waals surface area contributed by atoms with Crippen LogP contribution in [0.25, 0.3) is 16.8 Å². The van der Waals surface area contributed by atoms with Gasteiger partial charge in [-0.1, -0.05) is 30.0 Å². The molecule has 0 saturated heterocycles. The van der Waals surface area contributed by atoms with Crippen LogP contribution in [0.2, 0.25) is 0 Å². The largest absolute Gasteiger partial charge is 0.496 e. The van der Waals surface area contributed by atoms with Crippen LogP contribution in [-0.4, -0.2) is 33.4 Å². The predicted octanol–water partition coefficient (Wildman–Crippen LogP) is 5.15. The highest BCUT2D eigenvalue weighted by Crippen LogP contribution is 2.32. The number of methoxy groups -OCH3 is 1. The van der Waals surface area contributed by atoms with Gasteiger partial charge in [-0.3, -0.25) is 4.79 Å². The van der Waals surface area contributed by atoms with Gasteiger partial charge in [0.2, 0.25) is 5.91 Å². The Hall–Kier alpha value is -3.53. The summed E-state index contributed by atoms with van der Waals surface area (Å²) < 4.78 is 45.6. The number of amides is 1. The van der Waals surface area contributed by atoms with Crippen molar-refractivity contribution in [3.05, 3.63) is 72.6 Å². The van der Waals surface area contributed by atoms with Crippen molar-refractivity contribution in [2.24, 2.45) is 0 Å². The summed E-state index contributed by atoms with van der Waals surface area (Å²) in [6.07, 6.45) is -1.21. The van der Waals surface area contributed by atoms with Crippen LogP contribution in [0.3, 0.4) is 0 Å². The van der Waals surface area contributed by atoms with E-state index < -0.39 is 17.6 Å². The van der Waals surface area contributed by atoms with E-state index >= 15 is 0 Å². The Balaban J connectivity index is 1.50. The minimum atomic E-state index is -4.48. The monoisotopic (exact) mass is 458 g/mol. The number of rotatable bonds is 6. The number of carbonyl (C=O) groups excluding carboxylic acids is 1. The van der Waals surface area contributed by atoms with E-state index in [4.69, 9.17) is 4.74 Å². The number of aromatic nitrogens is 3. The minimum Gasteiger partial charge on any atom is -0.496 e. The molecule has 0 bridgehead atoms. The van der Waals surface area contributed by atoms with Crippen LogP contribution in [0, 0.1) is 0 Å². The summed E-state index contributed by atoms with van der Waals surface area (Å²) in [5.74, 6) is 0.207. The molecule has 0 spiro atoms. The van der Waals surface area contributed by atoms with E-state index in [1.165, 1.54) is 23.9 Å². The highest BCUT2D eigenvalue weighted by molar-refractivity contribution is 8.00. The lowest BCUT2D eigenvalue weighted by Crippen LogP contribution is -2.15. The molecule has 0 fully saturated rings. The number of fused-ring (bicyclic) bond motifs is 1. The van der Waals surface area contributed by atoms with Crippen molar-refractivity contribution < 1.29 is 22.7 Å². The van der Waals surface area contributed by atoms with Crippen molar-refractivity contribution in [2.45, 2.75) is 11.2 Å². The molecule has 1 N–H and O–H groups in total. The molecule has 0 aliphatic heterocycles. The number of benzene rings is 2. The zero-order valence-corrected chi connectivity index (χ0v) is 17.6. The first-order chi connectivity index (χ1) is 15.3. The molecule has 0 atom stereocenters. The van der Waals surface area contributed by atoms with Crippen LogP contribution in [0.5, 0.6) is 5.75 Å². The number of alkyl halides is 3. The molecule has 4 rings (SSSR count). The van der Waals surface area contributed by atoms with Crippen molar-refractivity contribution in [1.29, 1.82) is 0 Å². The molecule has 32 heavy (non-hydrogen) atoms. The van der Waals surface area contributed by atoms with E-state index in [1.807, 2.05) is 30.3 Å². The van der Waals surface area contributed by atoms with Gasteiger partial charge in [0, 0.05) is 23.6 Å². The number of para-hydroxylation sites is 1. The Bertz CT molecular complexity index is 1270. The summed E-state index contributed by atoms with van der Waals surface area (Å²) in [6, 6.07) is 13.8. The minimum absolute atomic E-state index is 0.0297. The van der Waals surface area contributed by atoms with Crippen molar-refractivity contribution in [3.63, 3.8) is 0 Å². The Morgan fingerprint density at radius 1 is 1.16 bits per heavy atom. The van der Waals surface area contributed by atoms with Crippen molar-refractivity contribution in [2.75, 3.05) is 18.2 Å². The third-order valence-corrected chi connectivity index (χ3v) is 5.55. The van der Waals surface area contributed by atoms with Crippen molar-refractivity contribution in [3.8, 4) is 17.0 Å². The molecular formula is C22H17F3N4O2S. The van der Waals surface area contributed by atoms with Crippen LogP contribution in [0.15, 0.2) is 72.0 Å². The first kappa shape index (κ1) is 21.7. The van der Waals surface area contributed by atoms with Gasteiger partial charge in [0.25, 0.3) is 0 Å². The maximum absolute atomic E-state index is 12.9. The van der Waals surface area contributed by atoms with Gasteiger partial charge in [0.1, 0.15) is 10.8 Å². The molecule has 164 valence electrons. The van der Waals surface area contributed by atoms with Gasteiger partial charge in [-0.2, -0.15) is 18.3 Å². The molecule has 0 unspecified atom stereocenters. The van der Waals surface area contributed by atoms with Crippen LogP contribution in [-0.2, 0) is 11.0 Å². The van der Waals surface area contributed by atoms with Crippen molar-refractivity contribution >= 4 is 28.9 Å². The zero-order chi connectivity index (χ0) is 22.7. The lowest BCUT2D eigenvalue weighted by molar-refractivity contribution is -0.137. The molecule has 0 saturated carbocycles. The SMILES string of the molecule is COc1ccccc1-c1cc2c(SCC(=O)Nc3cccc(C(F)(F)F)c3)nccn2n1. The average molecular weight is 458 g/mol. The molecule has 0 aliphatic carbocycles. The second-order valence-electron chi connectivity index (χ2n) is 6.71. The van der Waals surface area contributed by atoms with E-state index in [2.05, 4.69) is 15.4 Å². The third kappa shape index (κ3) is 4.70. The van der Waals surface area contributed by atoms with Gasteiger partial charge in [0.05, 0.1) is 29.6 Å². The normalized spacial score (nSPS) is 11.5. The molecule has 4 aromatic rings. The number of hydrogen-bond acceptors (Lipinski definition) is 5. The van der Waals surface area contributed by atoms with Gasteiger partial charge in [-0.05, 0) is 36.4 Å². The van der Waals surface area contributed by atoms with Gasteiger partial charge < -0.3 is 10.1 Å². The van der Waals surface area contributed by atoms with E-state index in [1.54, 1.807) is 24.0 Å². The van der Waals surface area contributed by atoms with E-state index in [-0.39, 0.29) is 11.4 Å². The fraction of sp³-hybridized carbons (Fsp3) is 0.136. The Morgan fingerprint density at radius 2 is 1.97 bits per heavy atom. The number of halogens is 3. The molecule has 2 aromatic heterocycles. The third-order valence-electron chi connectivity index (χ3n) is 4.55. The first-order valence-electron chi connectivity index (χ1n) is 9.43. The van der Waals surface area contributed by atoms with Crippen molar-refractivity contribution in [1.82, 2.24) is 14.6 Å². The van der Waals surface area contributed by atoms with Crippen LogP contribution in [0.1, 0.15) is 5.56 Å². The van der Waals surface area contributed by atoms with Gasteiger partial charge in [-0.25, -0.2) is 9.50 Å². The summed E-state index contributed by atoms with van der Waals surface area (Å²) in [5.41, 5.74) is 1.46. The summed E-state index contributed by atoms with van der Waals surface area (Å²) in [6.45, 7) is 0. The number of anilines is 1. The van der Waals surface area contributed by atoms with E-state index in [0.29, 0.717) is 22.0 Å². The fourth-order valence-corrected chi connectivity index (χ4v) is 3.88.